The zero-order chi connectivity index (χ0) is 18.8. The van der Waals surface area contributed by atoms with Crippen LogP contribution in [0.1, 0.15) is 34.6 Å². The average molecular weight is 392 g/mol. The smallest absolute Gasteiger partial charge is 0.295 e. The number of carbonyl (C=O) groups is 3. The molecule has 0 unspecified atom stereocenters. The summed E-state index contributed by atoms with van der Waals surface area (Å²) in [6.45, 7) is 3.79. The molecular weight excluding hydrogens is 376 g/mol. The number of anilines is 1. The monoisotopic (exact) mass is 392 g/mol. The van der Waals surface area contributed by atoms with Crippen LogP contribution < -0.4 is 10.1 Å². The summed E-state index contributed by atoms with van der Waals surface area (Å²) in [6, 6.07) is 4.66. The van der Waals surface area contributed by atoms with Gasteiger partial charge in [0.2, 0.25) is 5.91 Å². The third-order valence-electron chi connectivity index (χ3n) is 3.42. The molecule has 0 saturated carbocycles. The van der Waals surface area contributed by atoms with Crippen LogP contribution in [-0.4, -0.2) is 51.7 Å². The molecule has 3 rings (SSSR count). The molecule has 2 heterocycles. The van der Waals surface area contributed by atoms with Gasteiger partial charge in [-0.25, -0.2) is 0 Å². The summed E-state index contributed by atoms with van der Waals surface area (Å²) in [6.07, 6.45) is 0.0116. The van der Waals surface area contributed by atoms with Crippen LogP contribution in [-0.2, 0) is 4.79 Å². The fourth-order valence-electron chi connectivity index (χ4n) is 2.27. The molecular formula is C16H16N4O4S2. The highest BCUT2D eigenvalue weighted by atomic mass is 32.2. The number of imide groups is 1. The second-order valence-corrected chi connectivity index (χ2v) is 7.93. The molecule has 1 N–H and O–H groups in total. The number of rotatable bonds is 6. The van der Waals surface area contributed by atoms with Crippen LogP contribution in [0, 0.1) is 0 Å². The first kappa shape index (κ1) is 18.3. The summed E-state index contributed by atoms with van der Waals surface area (Å²) < 4.78 is 6.07. The van der Waals surface area contributed by atoms with E-state index in [1.54, 1.807) is 12.1 Å². The minimum Gasteiger partial charge on any atom is -0.466 e. The van der Waals surface area contributed by atoms with E-state index in [1.165, 1.54) is 36.2 Å². The summed E-state index contributed by atoms with van der Waals surface area (Å²) in [5.74, 6) is -0.821. The maximum Gasteiger partial charge on any atom is 0.295 e. The Hall–Kier alpha value is -2.46. The number of hydrogen-bond acceptors (Lipinski definition) is 8. The summed E-state index contributed by atoms with van der Waals surface area (Å²) in [5.41, 5.74) is 1.10. The maximum atomic E-state index is 12.1. The second kappa shape index (κ2) is 7.42. The van der Waals surface area contributed by atoms with Gasteiger partial charge in [-0.2, -0.15) is 0 Å². The summed E-state index contributed by atoms with van der Waals surface area (Å²) >= 11 is 2.52. The Morgan fingerprint density at radius 3 is 2.73 bits per heavy atom. The zero-order valence-corrected chi connectivity index (χ0v) is 15.9. The van der Waals surface area contributed by atoms with E-state index >= 15 is 0 Å². The number of thioether (sulfide) groups is 1. The Morgan fingerprint density at radius 1 is 1.27 bits per heavy atom. The Labute approximate surface area is 157 Å². The number of nitrogens with one attached hydrogen (secondary N) is 1. The molecule has 0 saturated heterocycles. The number of carbonyl (C=O) groups excluding carboxylic acids is 3. The topological polar surface area (TPSA) is 101 Å². The fraction of sp³-hybridized carbons (Fsp3) is 0.312. The molecule has 26 heavy (non-hydrogen) atoms. The second-order valence-electron chi connectivity index (χ2n) is 5.77. The third kappa shape index (κ3) is 3.86. The van der Waals surface area contributed by atoms with E-state index in [9.17, 15) is 14.4 Å². The van der Waals surface area contributed by atoms with Gasteiger partial charge in [0.25, 0.3) is 17.0 Å². The summed E-state index contributed by atoms with van der Waals surface area (Å²) in [4.78, 5) is 37.0. The van der Waals surface area contributed by atoms with E-state index < -0.39 is 0 Å². The number of benzene rings is 1. The van der Waals surface area contributed by atoms with Crippen molar-refractivity contribution in [3.8, 4) is 5.19 Å². The standard InChI is InChI=1S/C16H16N4O4S2/c1-8(2)24-15-18-19-16(26-15)25-7-12(21)17-9-4-5-10-11(6-9)14(23)20(3)13(10)22/h4-6,8H,7H2,1-3H3,(H,17,21). The van der Waals surface area contributed by atoms with Gasteiger partial charge in [0.05, 0.1) is 23.0 Å². The van der Waals surface area contributed by atoms with Gasteiger partial charge in [-0.1, -0.05) is 16.9 Å². The van der Waals surface area contributed by atoms with E-state index in [0.717, 1.165) is 4.90 Å². The van der Waals surface area contributed by atoms with Crippen molar-refractivity contribution in [1.82, 2.24) is 15.1 Å². The molecule has 0 radical (unpaired) electrons. The van der Waals surface area contributed by atoms with Crippen LogP contribution in [0.4, 0.5) is 5.69 Å². The molecule has 3 amide bonds. The molecule has 1 aromatic carbocycles. The molecule has 1 aliphatic rings. The summed E-state index contributed by atoms with van der Waals surface area (Å²) in [7, 11) is 1.43. The molecule has 0 atom stereocenters. The zero-order valence-electron chi connectivity index (χ0n) is 14.3. The highest BCUT2D eigenvalue weighted by Gasteiger charge is 2.32. The van der Waals surface area contributed by atoms with Crippen molar-refractivity contribution in [2.75, 3.05) is 18.1 Å². The minimum atomic E-state index is -0.373. The molecule has 136 valence electrons. The summed E-state index contributed by atoms with van der Waals surface area (Å²) in [5, 5.41) is 11.0. The van der Waals surface area contributed by atoms with E-state index in [-0.39, 0.29) is 29.6 Å². The first-order chi connectivity index (χ1) is 12.3. The van der Waals surface area contributed by atoms with Gasteiger partial charge in [-0.05, 0) is 43.4 Å². The Bertz CT molecular complexity index is 881. The molecule has 2 aromatic rings. The molecule has 0 fully saturated rings. The van der Waals surface area contributed by atoms with Crippen molar-refractivity contribution in [2.24, 2.45) is 0 Å². The van der Waals surface area contributed by atoms with Crippen molar-refractivity contribution in [3.63, 3.8) is 0 Å². The number of aromatic nitrogens is 2. The van der Waals surface area contributed by atoms with Gasteiger partial charge >= 0.3 is 0 Å². The predicted molar refractivity (Wildman–Crippen MR) is 97.9 cm³/mol. The van der Waals surface area contributed by atoms with Crippen LogP contribution in [0.2, 0.25) is 0 Å². The van der Waals surface area contributed by atoms with Crippen molar-refractivity contribution in [2.45, 2.75) is 24.3 Å². The average Bonchev–Trinajstić information content (AvgIpc) is 3.12. The first-order valence-corrected chi connectivity index (χ1v) is 9.54. The number of ether oxygens (including phenoxy) is 1. The fourth-order valence-corrected chi connectivity index (χ4v) is 3.87. The van der Waals surface area contributed by atoms with Gasteiger partial charge in [0.15, 0.2) is 4.34 Å². The van der Waals surface area contributed by atoms with E-state index in [1.807, 2.05) is 13.8 Å². The largest absolute Gasteiger partial charge is 0.466 e. The molecule has 1 aliphatic heterocycles. The number of amides is 3. The Kier molecular flexibility index (Phi) is 5.23. The molecule has 10 heteroatoms. The normalized spacial score (nSPS) is 13.3. The van der Waals surface area contributed by atoms with Crippen molar-refractivity contribution < 1.29 is 19.1 Å². The van der Waals surface area contributed by atoms with E-state index in [2.05, 4.69) is 15.5 Å². The lowest BCUT2D eigenvalue weighted by molar-refractivity contribution is -0.113. The number of fused-ring (bicyclic) bond motifs is 1. The highest BCUT2D eigenvalue weighted by Crippen LogP contribution is 2.28. The van der Waals surface area contributed by atoms with E-state index in [4.69, 9.17) is 4.74 Å². The van der Waals surface area contributed by atoms with Crippen LogP contribution in [0.15, 0.2) is 22.5 Å². The van der Waals surface area contributed by atoms with Gasteiger partial charge in [0.1, 0.15) is 0 Å². The van der Waals surface area contributed by atoms with Gasteiger partial charge in [-0.3, -0.25) is 19.3 Å². The highest BCUT2D eigenvalue weighted by molar-refractivity contribution is 8.01. The van der Waals surface area contributed by atoms with Crippen LogP contribution in [0.3, 0.4) is 0 Å². The number of nitrogens with zero attached hydrogens (tertiary/aromatic N) is 3. The Morgan fingerprint density at radius 2 is 2.00 bits per heavy atom. The lowest BCUT2D eigenvalue weighted by atomic mass is 10.1. The maximum absolute atomic E-state index is 12.1. The van der Waals surface area contributed by atoms with Gasteiger partial charge in [0, 0.05) is 12.7 Å². The molecule has 0 spiro atoms. The first-order valence-electron chi connectivity index (χ1n) is 7.74. The van der Waals surface area contributed by atoms with Gasteiger partial charge in [-0.15, -0.1) is 5.10 Å². The van der Waals surface area contributed by atoms with Crippen molar-refractivity contribution in [1.29, 1.82) is 0 Å². The predicted octanol–water partition coefficient (Wildman–Crippen LogP) is 2.28. The Balaban J connectivity index is 1.58. The van der Waals surface area contributed by atoms with E-state index in [0.29, 0.717) is 26.3 Å². The number of hydrogen-bond donors (Lipinski definition) is 1. The SMILES string of the molecule is CC(C)Oc1nnc(SCC(=O)Nc2ccc3c(c2)C(=O)N(C)C3=O)s1. The molecule has 1 aromatic heterocycles. The van der Waals surface area contributed by atoms with Crippen LogP contribution in [0.25, 0.3) is 0 Å². The molecule has 0 aliphatic carbocycles. The molecule has 0 bridgehead atoms. The minimum absolute atomic E-state index is 0.0116. The lowest BCUT2D eigenvalue weighted by Crippen LogP contribution is -2.24. The van der Waals surface area contributed by atoms with Crippen molar-refractivity contribution >= 4 is 46.5 Å². The van der Waals surface area contributed by atoms with Crippen LogP contribution >= 0.6 is 23.1 Å². The quantitative estimate of drug-likeness (QED) is 0.594. The van der Waals surface area contributed by atoms with Crippen molar-refractivity contribution in [3.05, 3.63) is 29.3 Å². The van der Waals surface area contributed by atoms with Gasteiger partial charge < -0.3 is 10.1 Å². The van der Waals surface area contributed by atoms with Crippen LogP contribution in [0.5, 0.6) is 5.19 Å². The lowest BCUT2D eigenvalue weighted by Gasteiger charge is -2.05. The molecule has 8 nitrogen and oxygen atoms in total. The third-order valence-corrected chi connectivity index (χ3v) is 5.37.